The molecule has 0 bridgehead atoms. The molecule has 0 aliphatic carbocycles. The van der Waals surface area contributed by atoms with E-state index in [0.717, 1.165) is 13.1 Å². The average molecular weight is 209 g/mol. The molecule has 0 saturated heterocycles. The number of aryl methyl sites for hydroxylation is 1. The van der Waals surface area contributed by atoms with E-state index in [9.17, 15) is 0 Å². The van der Waals surface area contributed by atoms with E-state index in [2.05, 4.69) is 43.6 Å². The molecular formula is C12H19NS. The zero-order valence-corrected chi connectivity index (χ0v) is 10.1. The summed E-state index contributed by atoms with van der Waals surface area (Å²) in [5.74, 6) is 1.19. The summed E-state index contributed by atoms with van der Waals surface area (Å²) >= 11 is 1.88. The normalized spacial score (nSPS) is 10.5. The minimum absolute atomic E-state index is 0.994. The van der Waals surface area contributed by atoms with Crippen LogP contribution in [0, 0.1) is 13.8 Å². The van der Waals surface area contributed by atoms with Crippen molar-refractivity contribution in [1.82, 2.24) is 5.32 Å². The molecule has 0 amide bonds. The van der Waals surface area contributed by atoms with Crippen molar-refractivity contribution >= 4 is 11.8 Å². The van der Waals surface area contributed by atoms with Crippen molar-refractivity contribution in [2.45, 2.75) is 20.4 Å². The van der Waals surface area contributed by atoms with Crippen molar-refractivity contribution in [3.05, 3.63) is 34.9 Å². The first-order valence-electron chi connectivity index (χ1n) is 5.00. The summed E-state index contributed by atoms with van der Waals surface area (Å²) in [5, 5.41) is 3.45. The molecule has 14 heavy (non-hydrogen) atoms. The minimum Gasteiger partial charge on any atom is -0.312 e. The number of nitrogens with one attached hydrogen (secondary N) is 1. The Kier molecular flexibility index (Phi) is 5.05. The van der Waals surface area contributed by atoms with Gasteiger partial charge in [0.25, 0.3) is 0 Å². The molecule has 0 radical (unpaired) electrons. The van der Waals surface area contributed by atoms with Gasteiger partial charge in [-0.25, -0.2) is 0 Å². The monoisotopic (exact) mass is 209 g/mol. The first kappa shape index (κ1) is 11.6. The van der Waals surface area contributed by atoms with Crippen molar-refractivity contribution in [1.29, 1.82) is 0 Å². The van der Waals surface area contributed by atoms with Gasteiger partial charge in [0.15, 0.2) is 0 Å². The van der Waals surface area contributed by atoms with Gasteiger partial charge in [-0.1, -0.05) is 18.2 Å². The Hall–Kier alpha value is -0.470. The fourth-order valence-electron chi connectivity index (χ4n) is 1.40. The second kappa shape index (κ2) is 6.10. The summed E-state index contributed by atoms with van der Waals surface area (Å²) in [7, 11) is 0. The van der Waals surface area contributed by atoms with Gasteiger partial charge in [-0.2, -0.15) is 11.8 Å². The maximum atomic E-state index is 3.45. The van der Waals surface area contributed by atoms with Crippen LogP contribution in [0.5, 0.6) is 0 Å². The number of thioether (sulfide) groups is 1. The van der Waals surface area contributed by atoms with Crippen LogP contribution in [0.15, 0.2) is 18.2 Å². The molecule has 0 fully saturated rings. The summed E-state index contributed by atoms with van der Waals surface area (Å²) in [4.78, 5) is 0. The molecule has 0 saturated carbocycles. The molecule has 0 aliphatic heterocycles. The standard InChI is InChI=1S/C12H19NS/c1-10-5-4-6-12(11(10)2)9-13-7-8-14-3/h4-6,13H,7-9H2,1-3H3. The van der Waals surface area contributed by atoms with Gasteiger partial charge >= 0.3 is 0 Å². The van der Waals surface area contributed by atoms with Gasteiger partial charge in [-0.05, 0) is 36.8 Å². The molecule has 0 aromatic heterocycles. The molecule has 0 unspecified atom stereocenters. The van der Waals surface area contributed by atoms with Crippen LogP contribution in [0.25, 0.3) is 0 Å². The zero-order valence-electron chi connectivity index (χ0n) is 9.26. The van der Waals surface area contributed by atoms with Crippen molar-refractivity contribution in [3.63, 3.8) is 0 Å². The van der Waals surface area contributed by atoms with Crippen molar-refractivity contribution < 1.29 is 0 Å². The highest BCUT2D eigenvalue weighted by Gasteiger charge is 1.99. The average Bonchev–Trinajstić information content (AvgIpc) is 2.19. The van der Waals surface area contributed by atoms with E-state index in [4.69, 9.17) is 0 Å². The maximum absolute atomic E-state index is 3.45. The van der Waals surface area contributed by atoms with Crippen molar-refractivity contribution in [2.75, 3.05) is 18.6 Å². The van der Waals surface area contributed by atoms with Gasteiger partial charge in [0.1, 0.15) is 0 Å². The van der Waals surface area contributed by atoms with Gasteiger partial charge < -0.3 is 5.32 Å². The van der Waals surface area contributed by atoms with Gasteiger partial charge in [0.2, 0.25) is 0 Å². The molecule has 1 aromatic rings. The van der Waals surface area contributed by atoms with E-state index in [0.29, 0.717) is 0 Å². The fourth-order valence-corrected chi connectivity index (χ4v) is 1.75. The topological polar surface area (TPSA) is 12.0 Å². The van der Waals surface area contributed by atoms with E-state index >= 15 is 0 Å². The molecule has 0 aliphatic rings. The van der Waals surface area contributed by atoms with Crippen LogP contribution in [-0.2, 0) is 6.54 Å². The Balaban J connectivity index is 2.46. The highest BCUT2D eigenvalue weighted by atomic mass is 32.2. The largest absolute Gasteiger partial charge is 0.312 e. The Morgan fingerprint density at radius 3 is 2.79 bits per heavy atom. The first-order valence-corrected chi connectivity index (χ1v) is 6.40. The molecular weight excluding hydrogens is 190 g/mol. The van der Waals surface area contributed by atoms with Crippen molar-refractivity contribution in [3.8, 4) is 0 Å². The third-order valence-electron chi connectivity index (χ3n) is 2.52. The number of hydrogen-bond donors (Lipinski definition) is 1. The lowest BCUT2D eigenvalue weighted by atomic mass is 10.0. The van der Waals surface area contributed by atoms with Crippen LogP contribution in [0.4, 0.5) is 0 Å². The predicted molar refractivity (Wildman–Crippen MR) is 66.0 cm³/mol. The van der Waals surface area contributed by atoms with Gasteiger partial charge in [-0.3, -0.25) is 0 Å². The lowest BCUT2D eigenvalue weighted by Crippen LogP contribution is -2.17. The van der Waals surface area contributed by atoms with Crippen LogP contribution in [0.3, 0.4) is 0 Å². The van der Waals surface area contributed by atoms with Crippen LogP contribution in [-0.4, -0.2) is 18.6 Å². The number of rotatable bonds is 5. The second-order valence-corrected chi connectivity index (χ2v) is 4.51. The molecule has 1 aromatic carbocycles. The maximum Gasteiger partial charge on any atom is 0.0208 e. The summed E-state index contributed by atoms with van der Waals surface area (Å²) in [6, 6.07) is 6.50. The highest BCUT2D eigenvalue weighted by molar-refractivity contribution is 7.98. The van der Waals surface area contributed by atoms with Crippen molar-refractivity contribution in [2.24, 2.45) is 0 Å². The van der Waals surface area contributed by atoms with Crippen LogP contribution >= 0.6 is 11.8 Å². The highest BCUT2D eigenvalue weighted by Crippen LogP contribution is 2.11. The zero-order chi connectivity index (χ0) is 10.4. The quantitative estimate of drug-likeness (QED) is 0.748. The fraction of sp³-hybridized carbons (Fsp3) is 0.500. The molecule has 1 nitrogen and oxygen atoms in total. The van der Waals surface area contributed by atoms with Gasteiger partial charge in [0.05, 0.1) is 0 Å². The Morgan fingerprint density at radius 2 is 2.07 bits per heavy atom. The molecule has 0 spiro atoms. The molecule has 1 rings (SSSR count). The molecule has 2 heteroatoms. The predicted octanol–water partition coefficient (Wildman–Crippen LogP) is 2.76. The van der Waals surface area contributed by atoms with E-state index in [1.807, 2.05) is 11.8 Å². The van der Waals surface area contributed by atoms with Gasteiger partial charge in [0, 0.05) is 18.8 Å². The summed E-state index contributed by atoms with van der Waals surface area (Å²) in [6.07, 6.45) is 2.14. The molecule has 0 atom stereocenters. The Morgan fingerprint density at radius 1 is 1.29 bits per heavy atom. The third kappa shape index (κ3) is 3.35. The Labute approximate surface area is 91.3 Å². The smallest absolute Gasteiger partial charge is 0.0208 e. The lowest BCUT2D eigenvalue weighted by Gasteiger charge is -2.09. The summed E-state index contributed by atoms with van der Waals surface area (Å²) in [5.41, 5.74) is 4.23. The van der Waals surface area contributed by atoms with E-state index in [1.54, 1.807) is 0 Å². The van der Waals surface area contributed by atoms with Gasteiger partial charge in [-0.15, -0.1) is 0 Å². The van der Waals surface area contributed by atoms with E-state index < -0.39 is 0 Å². The molecule has 1 N–H and O–H groups in total. The second-order valence-electron chi connectivity index (χ2n) is 3.53. The van der Waals surface area contributed by atoms with Crippen LogP contribution in [0.2, 0.25) is 0 Å². The first-order chi connectivity index (χ1) is 6.75. The number of hydrogen-bond acceptors (Lipinski definition) is 2. The summed E-state index contributed by atoms with van der Waals surface area (Å²) < 4.78 is 0. The lowest BCUT2D eigenvalue weighted by molar-refractivity contribution is 0.728. The number of benzene rings is 1. The van der Waals surface area contributed by atoms with Crippen LogP contribution in [0.1, 0.15) is 16.7 Å². The Bertz CT molecular complexity index is 284. The van der Waals surface area contributed by atoms with E-state index in [-0.39, 0.29) is 0 Å². The minimum atomic E-state index is 0.994. The van der Waals surface area contributed by atoms with Crippen LogP contribution < -0.4 is 5.32 Å². The molecule has 0 heterocycles. The SMILES string of the molecule is CSCCNCc1cccc(C)c1C. The third-order valence-corrected chi connectivity index (χ3v) is 3.13. The molecule has 78 valence electrons. The van der Waals surface area contributed by atoms with E-state index in [1.165, 1.54) is 22.4 Å². The summed E-state index contributed by atoms with van der Waals surface area (Å²) in [6.45, 7) is 6.45.